The summed E-state index contributed by atoms with van der Waals surface area (Å²) in [6, 6.07) is 6.84. The van der Waals surface area contributed by atoms with E-state index in [0.29, 0.717) is 22.0 Å². The van der Waals surface area contributed by atoms with Crippen LogP contribution in [0.15, 0.2) is 32.5 Å². The zero-order valence-corrected chi connectivity index (χ0v) is 13.9. The Balaban J connectivity index is 2.25. The number of methoxy groups -OCH3 is 1. The van der Waals surface area contributed by atoms with E-state index in [1.165, 1.54) is 11.3 Å². The Morgan fingerprint density at radius 3 is 2.68 bits per heavy atom. The number of halogens is 2. The van der Waals surface area contributed by atoms with Gasteiger partial charge in [0, 0.05) is 10.2 Å². The minimum Gasteiger partial charge on any atom is -0.495 e. The van der Waals surface area contributed by atoms with E-state index in [2.05, 4.69) is 37.2 Å². The van der Waals surface area contributed by atoms with Crippen LogP contribution >= 0.6 is 43.2 Å². The zero-order valence-electron chi connectivity index (χ0n) is 9.87. The van der Waals surface area contributed by atoms with Crippen LogP contribution in [0.25, 0.3) is 0 Å². The van der Waals surface area contributed by atoms with Crippen LogP contribution in [-0.4, -0.2) is 13.0 Å². The number of hydrogen-bond acceptors (Lipinski definition) is 4. The van der Waals surface area contributed by atoms with Crippen molar-refractivity contribution in [2.24, 2.45) is 0 Å². The molecule has 0 atom stereocenters. The third-order valence-corrected chi connectivity index (χ3v) is 5.60. The van der Waals surface area contributed by atoms with Gasteiger partial charge in [-0.3, -0.25) is 4.79 Å². The second kappa shape index (κ2) is 5.94. The fraction of sp³-hybridized carbons (Fsp3) is 0.0833. The van der Waals surface area contributed by atoms with Gasteiger partial charge < -0.3 is 15.8 Å². The Labute approximate surface area is 131 Å². The maximum atomic E-state index is 12.1. The number of nitrogens with two attached hydrogens (primary N) is 1. The number of nitrogens with one attached hydrogen (secondary N) is 1. The Morgan fingerprint density at radius 1 is 1.37 bits per heavy atom. The number of rotatable bonds is 3. The predicted octanol–water partition coefficient (Wildman–Crippen LogP) is 4.12. The van der Waals surface area contributed by atoms with Crippen molar-refractivity contribution in [3.63, 3.8) is 0 Å². The fourth-order valence-electron chi connectivity index (χ4n) is 1.47. The molecule has 0 saturated carbocycles. The molecular weight excluding hydrogens is 396 g/mol. The molecule has 1 amide bonds. The van der Waals surface area contributed by atoms with Crippen LogP contribution in [0.4, 0.5) is 11.4 Å². The fourth-order valence-corrected chi connectivity index (χ4v) is 3.40. The summed E-state index contributed by atoms with van der Waals surface area (Å²) in [5, 5.41) is 2.78. The number of ether oxygens (including phenoxy) is 1. The number of carbonyl (C=O) groups is 1. The summed E-state index contributed by atoms with van der Waals surface area (Å²) in [6.45, 7) is 0. The highest BCUT2D eigenvalue weighted by Crippen LogP contribution is 2.33. The van der Waals surface area contributed by atoms with E-state index in [1.807, 2.05) is 0 Å². The Bertz CT molecular complexity index is 609. The van der Waals surface area contributed by atoms with Crippen molar-refractivity contribution in [3.05, 3.63) is 37.4 Å². The lowest BCUT2D eigenvalue weighted by Gasteiger charge is -2.10. The highest BCUT2D eigenvalue weighted by Gasteiger charge is 2.14. The maximum Gasteiger partial charge on any atom is 0.265 e. The van der Waals surface area contributed by atoms with Gasteiger partial charge in [-0.15, -0.1) is 11.3 Å². The molecule has 0 aliphatic rings. The first-order valence-corrected chi connectivity index (χ1v) is 7.61. The van der Waals surface area contributed by atoms with E-state index in [1.54, 1.807) is 31.4 Å². The predicted molar refractivity (Wildman–Crippen MR) is 85.1 cm³/mol. The Morgan fingerprint density at radius 2 is 2.11 bits per heavy atom. The van der Waals surface area contributed by atoms with Crippen LogP contribution in [0.1, 0.15) is 9.67 Å². The molecule has 0 aliphatic heterocycles. The molecule has 100 valence electrons. The Kier molecular flexibility index (Phi) is 4.49. The van der Waals surface area contributed by atoms with Crippen LogP contribution < -0.4 is 15.8 Å². The third-order valence-electron chi connectivity index (χ3n) is 2.34. The molecule has 0 unspecified atom stereocenters. The van der Waals surface area contributed by atoms with Crippen molar-refractivity contribution in [2.75, 3.05) is 18.2 Å². The summed E-state index contributed by atoms with van der Waals surface area (Å²) < 4.78 is 6.90. The number of anilines is 2. The molecular formula is C12H10Br2N2O2S. The molecule has 7 heteroatoms. The molecule has 4 nitrogen and oxygen atoms in total. The molecule has 0 saturated heterocycles. The third kappa shape index (κ3) is 3.29. The van der Waals surface area contributed by atoms with Gasteiger partial charge in [0.05, 0.1) is 21.5 Å². The first-order valence-electron chi connectivity index (χ1n) is 5.21. The summed E-state index contributed by atoms with van der Waals surface area (Å²) >= 11 is 8.05. The Hall–Kier alpha value is -1.05. The molecule has 0 spiro atoms. The van der Waals surface area contributed by atoms with Gasteiger partial charge in [0.25, 0.3) is 5.91 Å². The van der Waals surface area contributed by atoms with Gasteiger partial charge in [0.1, 0.15) is 5.75 Å². The number of thiophene rings is 1. The van der Waals surface area contributed by atoms with Crippen molar-refractivity contribution in [2.45, 2.75) is 0 Å². The molecule has 0 radical (unpaired) electrons. The van der Waals surface area contributed by atoms with Gasteiger partial charge in [-0.1, -0.05) is 0 Å². The van der Waals surface area contributed by atoms with Crippen LogP contribution in [-0.2, 0) is 0 Å². The largest absolute Gasteiger partial charge is 0.495 e. The van der Waals surface area contributed by atoms with Crippen molar-refractivity contribution < 1.29 is 9.53 Å². The zero-order chi connectivity index (χ0) is 14.0. The van der Waals surface area contributed by atoms with E-state index >= 15 is 0 Å². The van der Waals surface area contributed by atoms with Crippen molar-refractivity contribution in [1.29, 1.82) is 0 Å². The van der Waals surface area contributed by atoms with Crippen LogP contribution in [0.3, 0.4) is 0 Å². The highest BCUT2D eigenvalue weighted by atomic mass is 79.9. The standard InChI is InChI=1S/C12H10Br2N2O2S/c1-18-9-3-2-6(15)4-8(9)16-12(17)10-5-7(13)11(14)19-10/h2-5H,15H2,1H3,(H,16,17). The van der Waals surface area contributed by atoms with Gasteiger partial charge in [0.2, 0.25) is 0 Å². The number of amides is 1. The minimum atomic E-state index is -0.208. The van der Waals surface area contributed by atoms with Gasteiger partial charge in [-0.05, 0) is 56.1 Å². The summed E-state index contributed by atoms with van der Waals surface area (Å²) in [7, 11) is 1.54. The number of hydrogen-bond donors (Lipinski definition) is 2. The summed E-state index contributed by atoms with van der Waals surface area (Å²) in [5.41, 5.74) is 6.81. The summed E-state index contributed by atoms with van der Waals surface area (Å²) in [4.78, 5) is 12.7. The number of benzene rings is 1. The maximum absolute atomic E-state index is 12.1. The average Bonchev–Trinajstić information content (AvgIpc) is 2.70. The molecule has 0 aliphatic carbocycles. The monoisotopic (exact) mass is 404 g/mol. The first-order chi connectivity index (χ1) is 9.01. The topological polar surface area (TPSA) is 64.3 Å². The molecule has 1 aromatic heterocycles. The smallest absolute Gasteiger partial charge is 0.265 e. The molecule has 19 heavy (non-hydrogen) atoms. The normalized spacial score (nSPS) is 10.3. The molecule has 0 bridgehead atoms. The van der Waals surface area contributed by atoms with Gasteiger partial charge in [0.15, 0.2) is 0 Å². The number of carbonyl (C=O) groups excluding carboxylic acids is 1. The van der Waals surface area contributed by atoms with Gasteiger partial charge in [-0.25, -0.2) is 0 Å². The van der Waals surface area contributed by atoms with E-state index in [0.717, 1.165) is 8.26 Å². The lowest BCUT2D eigenvalue weighted by Crippen LogP contribution is -2.11. The van der Waals surface area contributed by atoms with Crippen LogP contribution in [0.5, 0.6) is 5.75 Å². The molecule has 0 fully saturated rings. The number of nitrogen functional groups attached to an aromatic ring is 1. The molecule has 3 N–H and O–H groups in total. The molecule has 2 rings (SSSR count). The highest BCUT2D eigenvalue weighted by molar-refractivity contribution is 9.13. The van der Waals surface area contributed by atoms with Crippen molar-refractivity contribution in [1.82, 2.24) is 0 Å². The molecule has 2 aromatic rings. The van der Waals surface area contributed by atoms with Crippen molar-refractivity contribution >= 4 is 60.5 Å². The second-order valence-corrected chi connectivity index (χ2v) is 6.87. The van der Waals surface area contributed by atoms with Crippen LogP contribution in [0, 0.1) is 0 Å². The lowest BCUT2D eigenvalue weighted by atomic mass is 10.2. The van der Waals surface area contributed by atoms with Gasteiger partial charge in [-0.2, -0.15) is 0 Å². The minimum absolute atomic E-state index is 0.208. The van der Waals surface area contributed by atoms with Crippen molar-refractivity contribution in [3.8, 4) is 5.75 Å². The van der Waals surface area contributed by atoms with E-state index in [4.69, 9.17) is 10.5 Å². The quantitative estimate of drug-likeness (QED) is 0.755. The van der Waals surface area contributed by atoms with Crippen LogP contribution in [0.2, 0.25) is 0 Å². The van der Waals surface area contributed by atoms with E-state index in [9.17, 15) is 4.79 Å². The first kappa shape index (κ1) is 14.4. The molecule has 1 aromatic carbocycles. The van der Waals surface area contributed by atoms with Gasteiger partial charge >= 0.3 is 0 Å². The second-order valence-electron chi connectivity index (χ2n) is 3.65. The average molecular weight is 406 g/mol. The van der Waals surface area contributed by atoms with E-state index < -0.39 is 0 Å². The lowest BCUT2D eigenvalue weighted by molar-refractivity contribution is 0.103. The molecule has 1 heterocycles. The SMILES string of the molecule is COc1ccc(N)cc1NC(=O)c1cc(Br)c(Br)s1. The summed E-state index contributed by atoms with van der Waals surface area (Å²) in [6.07, 6.45) is 0. The van der Waals surface area contributed by atoms with E-state index in [-0.39, 0.29) is 5.91 Å². The summed E-state index contributed by atoms with van der Waals surface area (Å²) in [5.74, 6) is 0.359.